The van der Waals surface area contributed by atoms with Crippen LogP contribution in [0.2, 0.25) is 0 Å². The van der Waals surface area contributed by atoms with Crippen LogP contribution < -0.4 is 10.6 Å². The van der Waals surface area contributed by atoms with E-state index in [2.05, 4.69) is 20.5 Å². The van der Waals surface area contributed by atoms with Gasteiger partial charge < -0.3 is 19.8 Å². The molecule has 24 heavy (non-hydrogen) atoms. The number of nitrogens with zero attached hydrogens (tertiary/aromatic N) is 2. The lowest BCUT2D eigenvalue weighted by molar-refractivity contribution is 0.0398. The second-order valence-electron chi connectivity index (χ2n) is 5.57. The number of nitrogens with one attached hydrogen (secondary N) is 2. The van der Waals surface area contributed by atoms with Crippen molar-refractivity contribution in [2.24, 2.45) is 0 Å². The second-order valence-corrected chi connectivity index (χ2v) is 5.57. The number of amides is 1. The van der Waals surface area contributed by atoms with Crippen molar-refractivity contribution in [3.05, 3.63) is 48.2 Å². The molecule has 0 atom stereocenters. The van der Waals surface area contributed by atoms with Gasteiger partial charge in [0.2, 0.25) is 0 Å². The number of hydrogen-bond donors (Lipinski definition) is 2. The van der Waals surface area contributed by atoms with E-state index in [9.17, 15) is 4.79 Å². The van der Waals surface area contributed by atoms with E-state index in [0.717, 1.165) is 45.1 Å². The van der Waals surface area contributed by atoms with E-state index in [1.807, 2.05) is 12.1 Å². The predicted molar refractivity (Wildman–Crippen MR) is 89.9 cm³/mol. The molecule has 7 heteroatoms. The van der Waals surface area contributed by atoms with Gasteiger partial charge in [-0.1, -0.05) is 0 Å². The molecule has 2 aromatic heterocycles. The first-order chi connectivity index (χ1) is 11.8. The molecule has 1 fully saturated rings. The third kappa shape index (κ3) is 4.81. The number of furan rings is 1. The number of carbonyl (C=O) groups is 1. The standard InChI is InChI=1S/C17H22N4O3/c22-17(20-13-15-2-1-9-24-15)16-12-14(3-4-19-16)18-5-6-21-7-10-23-11-8-21/h1-4,9,12H,5-8,10-11,13H2,(H,18,19)(H,20,22). The minimum absolute atomic E-state index is 0.219. The van der Waals surface area contributed by atoms with Gasteiger partial charge in [-0.15, -0.1) is 0 Å². The van der Waals surface area contributed by atoms with Gasteiger partial charge in [-0.2, -0.15) is 0 Å². The molecule has 0 unspecified atom stereocenters. The van der Waals surface area contributed by atoms with Gasteiger partial charge in [-0.05, 0) is 24.3 Å². The fourth-order valence-corrected chi connectivity index (χ4v) is 2.52. The Bertz CT molecular complexity index is 639. The van der Waals surface area contributed by atoms with Gasteiger partial charge in [-0.25, -0.2) is 0 Å². The van der Waals surface area contributed by atoms with Crippen LogP contribution >= 0.6 is 0 Å². The van der Waals surface area contributed by atoms with Crippen molar-refractivity contribution in [1.29, 1.82) is 0 Å². The number of hydrogen-bond acceptors (Lipinski definition) is 6. The molecule has 1 aliphatic rings. The van der Waals surface area contributed by atoms with Crippen molar-refractivity contribution in [3.8, 4) is 0 Å². The molecule has 1 saturated heterocycles. The van der Waals surface area contributed by atoms with Crippen molar-refractivity contribution in [2.45, 2.75) is 6.54 Å². The van der Waals surface area contributed by atoms with Gasteiger partial charge >= 0.3 is 0 Å². The summed E-state index contributed by atoms with van der Waals surface area (Å²) in [6.45, 7) is 5.66. The van der Waals surface area contributed by atoms with Crippen molar-refractivity contribution in [3.63, 3.8) is 0 Å². The monoisotopic (exact) mass is 330 g/mol. The third-order valence-corrected chi connectivity index (χ3v) is 3.86. The number of pyridine rings is 1. The zero-order valence-corrected chi connectivity index (χ0v) is 13.5. The Morgan fingerprint density at radius 3 is 2.96 bits per heavy atom. The van der Waals surface area contributed by atoms with Gasteiger partial charge in [0.1, 0.15) is 11.5 Å². The summed E-state index contributed by atoms with van der Waals surface area (Å²) in [5.74, 6) is 0.492. The van der Waals surface area contributed by atoms with Gasteiger partial charge in [0, 0.05) is 38.1 Å². The largest absolute Gasteiger partial charge is 0.467 e. The van der Waals surface area contributed by atoms with Crippen molar-refractivity contribution in [1.82, 2.24) is 15.2 Å². The molecule has 7 nitrogen and oxygen atoms in total. The molecule has 0 radical (unpaired) electrons. The highest BCUT2D eigenvalue weighted by atomic mass is 16.5. The van der Waals surface area contributed by atoms with Crippen LogP contribution in [0.5, 0.6) is 0 Å². The topological polar surface area (TPSA) is 79.6 Å². The molecule has 128 valence electrons. The van der Waals surface area contributed by atoms with Gasteiger partial charge in [0.25, 0.3) is 5.91 Å². The maximum Gasteiger partial charge on any atom is 0.270 e. The molecular formula is C17H22N4O3. The van der Waals surface area contributed by atoms with Crippen LogP contribution in [0.1, 0.15) is 16.2 Å². The maximum absolute atomic E-state index is 12.1. The Hall–Kier alpha value is -2.38. The minimum atomic E-state index is -0.219. The number of aromatic nitrogens is 1. The summed E-state index contributed by atoms with van der Waals surface area (Å²) in [5.41, 5.74) is 1.28. The Kier molecular flexibility index (Phi) is 5.81. The van der Waals surface area contributed by atoms with E-state index < -0.39 is 0 Å². The van der Waals surface area contributed by atoms with Gasteiger partial charge in [0.15, 0.2) is 0 Å². The quantitative estimate of drug-likeness (QED) is 0.798. The lowest BCUT2D eigenvalue weighted by atomic mass is 10.3. The Morgan fingerprint density at radius 1 is 1.29 bits per heavy atom. The highest BCUT2D eigenvalue weighted by Crippen LogP contribution is 2.08. The molecule has 0 saturated carbocycles. The number of carbonyl (C=O) groups excluding carboxylic acids is 1. The molecule has 2 N–H and O–H groups in total. The van der Waals surface area contributed by atoms with Crippen LogP contribution in [0.25, 0.3) is 0 Å². The summed E-state index contributed by atoms with van der Waals surface area (Å²) in [7, 11) is 0. The molecule has 3 heterocycles. The number of anilines is 1. The number of ether oxygens (including phenoxy) is 1. The number of rotatable bonds is 7. The SMILES string of the molecule is O=C(NCc1ccco1)c1cc(NCCN2CCOCC2)ccn1. The average molecular weight is 330 g/mol. The smallest absolute Gasteiger partial charge is 0.270 e. The summed E-state index contributed by atoms with van der Waals surface area (Å²) in [4.78, 5) is 18.6. The molecule has 2 aromatic rings. The van der Waals surface area contributed by atoms with E-state index in [4.69, 9.17) is 9.15 Å². The molecule has 0 aliphatic carbocycles. The Balaban J connectivity index is 1.46. The molecular weight excluding hydrogens is 308 g/mol. The zero-order valence-electron chi connectivity index (χ0n) is 13.5. The van der Waals surface area contributed by atoms with Crippen LogP contribution in [-0.2, 0) is 11.3 Å². The fraction of sp³-hybridized carbons (Fsp3) is 0.412. The van der Waals surface area contributed by atoms with Crippen LogP contribution in [0, 0.1) is 0 Å². The lowest BCUT2D eigenvalue weighted by Crippen LogP contribution is -2.39. The van der Waals surface area contributed by atoms with Crippen LogP contribution in [-0.4, -0.2) is 55.2 Å². The van der Waals surface area contributed by atoms with E-state index in [1.165, 1.54) is 0 Å². The normalized spacial score (nSPS) is 15.2. The van der Waals surface area contributed by atoms with Crippen molar-refractivity contribution in [2.75, 3.05) is 44.7 Å². The third-order valence-electron chi connectivity index (χ3n) is 3.86. The summed E-state index contributed by atoms with van der Waals surface area (Å²) >= 11 is 0. The summed E-state index contributed by atoms with van der Waals surface area (Å²) < 4.78 is 10.5. The first-order valence-corrected chi connectivity index (χ1v) is 8.12. The van der Waals surface area contributed by atoms with Crippen molar-refractivity contribution < 1.29 is 13.9 Å². The first kappa shape index (κ1) is 16.5. The molecule has 3 rings (SSSR count). The summed E-state index contributed by atoms with van der Waals surface area (Å²) in [5, 5.41) is 6.13. The molecule has 0 aromatic carbocycles. The lowest BCUT2D eigenvalue weighted by Gasteiger charge is -2.26. The summed E-state index contributed by atoms with van der Waals surface area (Å²) in [6.07, 6.45) is 3.22. The second kappa shape index (κ2) is 8.47. The predicted octanol–water partition coefficient (Wildman–Crippen LogP) is 1.35. The molecule has 1 amide bonds. The molecule has 1 aliphatic heterocycles. The Morgan fingerprint density at radius 2 is 2.17 bits per heavy atom. The molecule has 0 spiro atoms. The van der Waals surface area contributed by atoms with Crippen molar-refractivity contribution >= 4 is 11.6 Å². The van der Waals surface area contributed by atoms with Gasteiger partial charge in [0.05, 0.1) is 26.0 Å². The molecule has 0 bridgehead atoms. The highest BCUT2D eigenvalue weighted by Gasteiger charge is 2.10. The maximum atomic E-state index is 12.1. The Labute approximate surface area is 141 Å². The van der Waals surface area contributed by atoms with Crippen LogP contribution in [0.4, 0.5) is 5.69 Å². The van der Waals surface area contributed by atoms with E-state index in [1.54, 1.807) is 24.6 Å². The van der Waals surface area contributed by atoms with E-state index >= 15 is 0 Å². The van der Waals surface area contributed by atoms with Crippen LogP contribution in [0.15, 0.2) is 41.1 Å². The highest BCUT2D eigenvalue weighted by molar-refractivity contribution is 5.93. The average Bonchev–Trinajstić information content (AvgIpc) is 3.14. The van der Waals surface area contributed by atoms with E-state index in [-0.39, 0.29) is 5.91 Å². The zero-order chi connectivity index (χ0) is 16.6. The number of morpholine rings is 1. The summed E-state index contributed by atoms with van der Waals surface area (Å²) in [6, 6.07) is 7.23. The van der Waals surface area contributed by atoms with Crippen LogP contribution in [0.3, 0.4) is 0 Å². The van der Waals surface area contributed by atoms with E-state index in [0.29, 0.717) is 18.0 Å². The van der Waals surface area contributed by atoms with Gasteiger partial charge in [-0.3, -0.25) is 14.7 Å². The minimum Gasteiger partial charge on any atom is -0.467 e. The fourth-order valence-electron chi connectivity index (χ4n) is 2.52. The first-order valence-electron chi connectivity index (χ1n) is 8.12.